The first kappa shape index (κ1) is 11.3. The number of carbonyl (C=O) groups is 1. The highest BCUT2D eigenvalue weighted by Gasteiger charge is 1.98. The van der Waals surface area contributed by atoms with E-state index < -0.39 is 5.97 Å². The van der Waals surface area contributed by atoms with Crippen LogP contribution in [0.5, 0.6) is 0 Å². The summed E-state index contributed by atoms with van der Waals surface area (Å²) in [6, 6.07) is 5.42. The lowest BCUT2D eigenvalue weighted by Gasteiger charge is -1.98. The van der Waals surface area contributed by atoms with Crippen LogP contribution in [-0.4, -0.2) is 13.1 Å². The molecule has 0 aliphatic carbocycles. The van der Waals surface area contributed by atoms with Gasteiger partial charge in [0.2, 0.25) is 0 Å². The molecule has 0 aromatic heterocycles. The second-order valence-electron chi connectivity index (χ2n) is 2.52. The summed E-state index contributed by atoms with van der Waals surface area (Å²) in [4.78, 5) is 10.8. The molecule has 0 fully saturated rings. The fourth-order valence-electron chi connectivity index (χ4n) is 0.863. The van der Waals surface area contributed by atoms with Gasteiger partial charge in [0.25, 0.3) is 0 Å². The zero-order valence-electron chi connectivity index (χ0n) is 7.46. The van der Waals surface area contributed by atoms with E-state index in [2.05, 4.69) is 20.7 Å². The van der Waals surface area contributed by atoms with Gasteiger partial charge < -0.3 is 4.74 Å². The predicted molar refractivity (Wildman–Crippen MR) is 60.2 cm³/mol. The third-order valence-corrected chi connectivity index (χ3v) is 2.38. The summed E-state index contributed by atoms with van der Waals surface area (Å²) in [5.41, 5.74) is 0.778. The van der Waals surface area contributed by atoms with Gasteiger partial charge in [0, 0.05) is 15.6 Å². The van der Waals surface area contributed by atoms with Gasteiger partial charge in [-0.15, -0.1) is 0 Å². The lowest BCUT2D eigenvalue weighted by Crippen LogP contribution is -1.93. The van der Waals surface area contributed by atoms with Gasteiger partial charge in [-0.25, -0.2) is 4.79 Å². The highest BCUT2D eigenvalue weighted by molar-refractivity contribution is 9.10. The third-order valence-electron chi connectivity index (χ3n) is 1.56. The molecule has 0 bridgehead atoms. The molecule has 0 N–H and O–H groups in total. The Labute approximate surface area is 95.6 Å². The number of methoxy groups -OCH3 is 1. The monoisotopic (exact) mass is 274 g/mol. The summed E-state index contributed by atoms with van der Waals surface area (Å²) in [6.45, 7) is 0. The molecule has 0 saturated carbocycles. The number of hydrogen-bond donors (Lipinski definition) is 0. The van der Waals surface area contributed by atoms with E-state index in [1.54, 1.807) is 12.1 Å². The van der Waals surface area contributed by atoms with Gasteiger partial charge in [0.1, 0.15) is 0 Å². The summed E-state index contributed by atoms with van der Waals surface area (Å²) < 4.78 is 5.36. The van der Waals surface area contributed by atoms with Crippen LogP contribution in [0.25, 0.3) is 6.08 Å². The minimum atomic E-state index is -0.399. The molecular formula is C10H8BrClO2. The first-order valence-corrected chi connectivity index (χ1v) is 5.01. The van der Waals surface area contributed by atoms with E-state index in [-0.39, 0.29) is 0 Å². The SMILES string of the molecule is COC(=O)C=Cc1ccc(Br)cc1Cl. The van der Waals surface area contributed by atoms with Crippen LogP contribution < -0.4 is 0 Å². The summed E-state index contributed by atoms with van der Waals surface area (Å²) in [5.74, 6) is -0.399. The van der Waals surface area contributed by atoms with Crippen LogP contribution in [0, 0.1) is 0 Å². The normalized spacial score (nSPS) is 10.5. The van der Waals surface area contributed by atoms with Crippen molar-refractivity contribution < 1.29 is 9.53 Å². The number of carbonyl (C=O) groups excluding carboxylic acids is 1. The van der Waals surface area contributed by atoms with Gasteiger partial charge in [-0.3, -0.25) is 0 Å². The Hall–Kier alpha value is -0.800. The van der Waals surface area contributed by atoms with Gasteiger partial charge in [0.15, 0.2) is 0 Å². The summed E-state index contributed by atoms with van der Waals surface area (Å²) in [5, 5.41) is 0.583. The maximum absolute atomic E-state index is 10.8. The number of hydrogen-bond acceptors (Lipinski definition) is 2. The van der Waals surface area contributed by atoms with Crippen LogP contribution in [0.1, 0.15) is 5.56 Å². The molecular weight excluding hydrogens is 267 g/mol. The van der Waals surface area contributed by atoms with Crippen molar-refractivity contribution >= 4 is 39.6 Å². The molecule has 1 aromatic rings. The summed E-state index contributed by atoms with van der Waals surface area (Å²) in [6.07, 6.45) is 2.94. The predicted octanol–water partition coefficient (Wildman–Crippen LogP) is 3.29. The molecule has 1 rings (SSSR count). The molecule has 4 heteroatoms. The molecule has 0 atom stereocenters. The molecule has 14 heavy (non-hydrogen) atoms. The Morgan fingerprint density at radius 2 is 2.29 bits per heavy atom. The quantitative estimate of drug-likeness (QED) is 0.611. The molecule has 0 saturated heterocycles. The van der Waals surface area contributed by atoms with Crippen molar-refractivity contribution in [3.05, 3.63) is 39.3 Å². The summed E-state index contributed by atoms with van der Waals surface area (Å²) >= 11 is 9.21. The first-order chi connectivity index (χ1) is 6.63. The van der Waals surface area contributed by atoms with Crippen LogP contribution in [-0.2, 0) is 9.53 Å². The molecule has 0 amide bonds. The minimum absolute atomic E-state index is 0.399. The maximum Gasteiger partial charge on any atom is 0.330 e. The van der Waals surface area contributed by atoms with Gasteiger partial charge >= 0.3 is 5.97 Å². The lowest BCUT2D eigenvalue weighted by atomic mass is 10.2. The Morgan fingerprint density at radius 1 is 1.57 bits per heavy atom. The number of ether oxygens (including phenoxy) is 1. The Kier molecular flexibility index (Phi) is 4.17. The van der Waals surface area contributed by atoms with Crippen molar-refractivity contribution in [3.63, 3.8) is 0 Å². The Balaban J connectivity index is 2.87. The average Bonchev–Trinajstić information content (AvgIpc) is 2.16. The topological polar surface area (TPSA) is 26.3 Å². The molecule has 0 heterocycles. The standard InChI is InChI=1S/C10H8BrClO2/c1-14-10(13)5-3-7-2-4-8(11)6-9(7)12/h2-6H,1H3. The largest absolute Gasteiger partial charge is 0.466 e. The van der Waals surface area contributed by atoms with E-state index in [1.165, 1.54) is 13.2 Å². The highest BCUT2D eigenvalue weighted by atomic mass is 79.9. The average molecular weight is 276 g/mol. The summed E-state index contributed by atoms with van der Waals surface area (Å²) in [7, 11) is 1.33. The number of rotatable bonds is 2. The van der Waals surface area contributed by atoms with Crippen molar-refractivity contribution in [1.82, 2.24) is 0 Å². The van der Waals surface area contributed by atoms with Crippen molar-refractivity contribution in [2.75, 3.05) is 7.11 Å². The first-order valence-electron chi connectivity index (χ1n) is 3.84. The Bertz CT molecular complexity index is 374. The van der Waals surface area contributed by atoms with E-state index in [4.69, 9.17) is 11.6 Å². The minimum Gasteiger partial charge on any atom is -0.466 e. The second-order valence-corrected chi connectivity index (χ2v) is 3.85. The van der Waals surface area contributed by atoms with Crippen molar-refractivity contribution in [1.29, 1.82) is 0 Å². The highest BCUT2D eigenvalue weighted by Crippen LogP contribution is 2.22. The van der Waals surface area contributed by atoms with Crippen molar-refractivity contribution in [2.45, 2.75) is 0 Å². The smallest absolute Gasteiger partial charge is 0.330 e. The van der Waals surface area contributed by atoms with Gasteiger partial charge in [0.05, 0.1) is 7.11 Å². The molecule has 2 nitrogen and oxygen atoms in total. The van der Waals surface area contributed by atoms with Crippen molar-refractivity contribution in [3.8, 4) is 0 Å². The third kappa shape index (κ3) is 3.16. The van der Waals surface area contributed by atoms with Crippen LogP contribution in [0.3, 0.4) is 0 Å². The number of benzene rings is 1. The fourth-order valence-corrected chi connectivity index (χ4v) is 1.60. The van der Waals surface area contributed by atoms with E-state index in [1.807, 2.05) is 12.1 Å². The fraction of sp³-hybridized carbons (Fsp3) is 0.100. The zero-order chi connectivity index (χ0) is 10.6. The number of halogens is 2. The van der Waals surface area contributed by atoms with Gasteiger partial charge in [-0.2, -0.15) is 0 Å². The van der Waals surface area contributed by atoms with Crippen LogP contribution in [0.4, 0.5) is 0 Å². The molecule has 0 spiro atoms. The molecule has 0 aliphatic rings. The van der Waals surface area contributed by atoms with Gasteiger partial charge in [-0.1, -0.05) is 33.6 Å². The van der Waals surface area contributed by atoms with Gasteiger partial charge in [-0.05, 0) is 23.8 Å². The molecule has 0 aliphatic heterocycles. The second kappa shape index (κ2) is 5.17. The Morgan fingerprint density at radius 3 is 2.86 bits per heavy atom. The van der Waals surface area contributed by atoms with Crippen LogP contribution in [0.15, 0.2) is 28.7 Å². The molecule has 0 unspecified atom stereocenters. The maximum atomic E-state index is 10.8. The molecule has 74 valence electrons. The van der Waals surface area contributed by atoms with E-state index >= 15 is 0 Å². The molecule has 1 aromatic carbocycles. The van der Waals surface area contributed by atoms with Crippen molar-refractivity contribution in [2.24, 2.45) is 0 Å². The zero-order valence-corrected chi connectivity index (χ0v) is 9.80. The van der Waals surface area contributed by atoms with E-state index in [0.29, 0.717) is 5.02 Å². The number of esters is 1. The van der Waals surface area contributed by atoms with Crippen LogP contribution >= 0.6 is 27.5 Å². The molecule has 0 radical (unpaired) electrons. The van der Waals surface area contributed by atoms with Crippen LogP contribution in [0.2, 0.25) is 5.02 Å². The lowest BCUT2D eigenvalue weighted by molar-refractivity contribution is -0.134. The van der Waals surface area contributed by atoms with E-state index in [9.17, 15) is 4.79 Å². The van der Waals surface area contributed by atoms with E-state index in [0.717, 1.165) is 10.0 Å².